The molecule has 0 aromatic rings. The molecule has 0 bridgehead atoms. The molecule has 4 heavy (non-hydrogen) atoms. The maximum absolute atomic E-state index is 8.28. The minimum atomic E-state index is 0.611. The van der Waals surface area contributed by atoms with Crippen molar-refractivity contribution in [2.75, 3.05) is 0 Å². The summed E-state index contributed by atoms with van der Waals surface area (Å²) < 4.78 is 16.6. The normalized spacial score (nSPS) is 1.75. The van der Waals surface area contributed by atoms with Crippen LogP contribution < -0.4 is 0 Å². The molecule has 0 aliphatic carbocycles. The second-order valence-corrected chi connectivity index (χ2v) is 0. The van der Waals surface area contributed by atoms with E-state index in [1.54, 1.807) is 0 Å². The van der Waals surface area contributed by atoms with Crippen molar-refractivity contribution >= 4 is 26.4 Å². The summed E-state index contributed by atoms with van der Waals surface area (Å²) in [6.45, 7) is 0. The van der Waals surface area contributed by atoms with E-state index in [1.165, 1.54) is 0 Å². The molecule has 0 aliphatic heterocycles. The molecule has 0 saturated heterocycles. The van der Waals surface area contributed by atoms with Crippen molar-refractivity contribution in [1.29, 1.82) is 0 Å². The topological polar surface area (TPSA) is 34.1 Å². The van der Waals surface area contributed by atoms with Crippen LogP contribution in [0.1, 0.15) is 0 Å². The third-order valence-corrected chi connectivity index (χ3v) is 0. The second-order valence-electron chi connectivity index (χ2n) is 0. The molecule has 22 valence electrons. The van der Waals surface area contributed by atoms with Gasteiger partial charge in [-0.05, 0) is 0 Å². The molecule has 0 N–H and O–H groups in total. The van der Waals surface area contributed by atoms with Gasteiger partial charge in [0.2, 0.25) is 10.1 Å². The fourth-order valence-electron chi connectivity index (χ4n) is 0. The van der Waals surface area contributed by atoms with Crippen LogP contribution in [0.25, 0.3) is 0 Å². The van der Waals surface area contributed by atoms with Crippen molar-refractivity contribution in [1.82, 2.24) is 0 Å². The predicted molar refractivity (Wildman–Crippen MR) is 17.1 cm³/mol. The fraction of sp³-hybridized carbons (Fsp3) is 0. The number of hydrogen-bond acceptors (Lipinski definition) is 2. The summed E-state index contributed by atoms with van der Waals surface area (Å²) in [5.74, 6) is 0. The van der Waals surface area contributed by atoms with Crippen LogP contribution >= 0.6 is 0 Å². The predicted octanol–water partition coefficient (Wildman–Crippen LogP) is -1.80. The van der Waals surface area contributed by atoms with Gasteiger partial charge in [0, 0.05) is 0 Å². The summed E-state index contributed by atoms with van der Waals surface area (Å²) in [6, 6.07) is 0. The monoisotopic (exact) mass is 90.0 g/mol. The molecule has 0 rings (SSSR count). The van der Waals surface area contributed by atoms with E-state index in [1.807, 2.05) is 0 Å². The second kappa shape index (κ2) is 151. The standard InChI is InChI=1S/Al.H2OSi.O.H/c;1-2;;/h;2H2;;. The molecular formula is H3AlO2Si. The summed E-state index contributed by atoms with van der Waals surface area (Å²) >= 11 is 0.611. The van der Waals surface area contributed by atoms with E-state index in [0.717, 1.165) is 0 Å². The van der Waals surface area contributed by atoms with Crippen LogP contribution in [-0.4, -0.2) is 26.4 Å². The summed E-state index contributed by atoms with van der Waals surface area (Å²) in [7, 11) is 0.611. The van der Waals surface area contributed by atoms with Gasteiger partial charge in [-0.15, -0.1) is 0 Å². The zero-order valence-corrected chi connectivity index (χ0v) is 5.06. The van der Waals surface area contributed by atoms with E-state index in [-0.39, 0.29) is 0 Å². The Morgan fingerprint density at radius 3 is 1.25 bits per heavy atom. The Labute approximate surface area is 35.3 Å². The van der Waals surface area contributed by atoms with E-state index in [2.05, 4.69) is 0 Å². The first-order chi connectivity index (χ1) is 2.00. The minimum absolute atomic E-state index is 0.611. The Bertz CT molecular complexity index is 8.00. The molecule has 0 fully saturated rings. The van der Waals surface area contributed by atoms with Gasteiger partial charge in [0.15, 0.2) is 0 Å². The Morgan fingerprint density at radius 1 is 1.25 bits per heavy atom. The molecule has 0 atom stereocenters. The van der Waals surface area contributed by atoms with Gasteiger partial charge < -0.3 is 4.46 Å². The van der Waals surface area contributed by atoms with E-state index in [0.29, 0.717) is 26.4 Å². The summed E-state index contributed by atoms with van der Waals surface area (Å²) in [5.41, 5.74) is 0. The van der Waals surface area contributed by atoms with Crippen molar-refractivity contribution in [3.8, 4) is 0 Å². The Morgan fingerprint density at radius 2 is 1.25 bits per heavy atom. The molecule has 0 aromatic carbocycles. The van der Waals surface area contributed by atoms with E-state index < -0.39 is 0 Å². The van der Waals surface area contributed by atoms with Crippen LogP contribution in [0.5, 0.6) is 0 Å². The zero-order valence-electron chi connectivity index (χ0n) is 2.23. The molecule has 0 spiro atoms. The van der Waals surface area contributed by atoms with Gasteiger partial charge in [-0.2, -0.15) is 0 Å². The molecule has 0 aromatic heterocycles. The maximum atomic E-state index is 8.28. The Balaban J connectivity index is 0. The number of hydrogen-bond donors (Lipinski definition) is 0. The Hall–Kier alpha value is 0.349. The van der Waals surface area contributed by atoms with E-state index in [4.69, 9.17) is 8.27 Å². The van der Waals surface area contributed by atoms with E-state index in [9.17, 15) is 0 Å². The van der Waals surface area contributed by atoms with Crippen molar-refractivity contribution in [3.63, 3.8) is 0 Å². The van der Waals surface area contributed by atoms with Crippen LogP contribution in [0.4, 0.5) is 0 Å². The van der Waals surface area contributed by atoms with Crippen molar-refractivity contribution in [2.24, 2.45) is 0 Å². The van der Waals surface area contributed by atoms with Crippen molar-refractivity contribution < 1.29 is 8.27 Å². The van der Waals surface area contributed by atoms with E-state index >= 15 is 0 Å². The third kappa shape index (κ3) is 35.0. The first-order valence-electron chi connectivity index (χ1n) is 0.577. The third-order valence-electron chi connectivity index (χ3n) is 0. The zero-order chi connectivity index (χ0) is 4.00. The van der Waals surface area contributed by atoms with Crippen LogP contribution in [0.15, 0.2) is 0 Å². The van der Waals surface area contributed by atoms with Gasteiger partial charge in [-0.25, -0.2) is 0 Å². The van der Waals surface area contributed by atoms with Gasteiger partial charge in [0.1, 0.15) is 0 Å². The Kier molecular flexibility index (Phi) is 335. The quantitative estimate of drug-likeness (QED) is 0.329. The van der Waals surface area contributed by atoms with Crippen molar-refractivity contribution in [3.05, 3.63) is 0 Å². The molecule has 0 heterocycles. The average Bonchev–Trinajstić information content (AvgIpc) is 1.50. The molecule has 0 radical (unpaired) electrons. The van der Waals surface area contributed by atoms with Gasteiger partial charge in [-0.3, -0.25) is 0 Å². The van der Waals surface area contributed by atoms with Crippen LogP contribution in [0, 0.1) is 0 Å². The molecular weight excluding hydrogens is 87.1 g/mol. The van der Waals surface area contributed by atoms with Crippen LogP contribution in [-0.2, 0) is 8.27 Å². The first-order valence-corrected chi connectivity index (χ1v) is 1.73. The van der Waals surface area contributed by atoms with Crippen LogP contribution in [0.2, 0.25) is 0 Å². The molecule has 0 aliphatic rings. The summed E-state index contributed by atoms with van der Waals surface area (Å²) in [4.78, 5) is 0. The molecule has 0 saturated carbocycles. The van der Waals surface area contributed by atoms with Gasteiger partial charge in [-0.1, -0.05) is 0 Å². The average molecular weight is 90.1 g/mol. The van der Waals surface area contributed by atoms with Crippen molar-refractivity contribution in [2.45, 2.75) is 0 Å². The molecule has 0 amide bonds. The first kappa shape index (κ1) is 8.84. The van der Waals surface area contributed by atoms with Gasteiger partial charge in [0.05, 0.1) is 0 Å². The molecule has 2 nitrogen and oxygen atoms in total. The summed E-state index contributed by atoms with van der Waals surface area (Å²) in [6.07, 6.45) is 0. The number of rotatable bonds is 0. The van der Waals surface area contributed by atoms with Gasteiger partial charge in [0.25, 0.3) is 0 Å². The molecule has 4 heteroatoms. The van der Waals surface area contributed by atoms with Crippen LogP contribution in [0.3, 0.4) is 0 Å². The summed E-state index contributed by atoms with van der Waals surface area (Å²) in [5, 5.41) is 0. The SMILES string of the molecule is O=[SiH2].[O]=[AlH]. The molecule has 0 unspecified atom stereocenters. The van der Waals surface area contributed by atoms with Gasteiger partial charge >= 0.3 is 20.0 Å². The fourth-order valence-corrected chi connectivity index (χ4v) is 0.